The van der Waals surface area contributed by atoms with Crippen LogP contribution in [0, 0.1) is 17.8 Å². The van der Waals surface area contributed by atoms with E-state index in [-0.39, 0.29) is 56.6 Å². The van der Waals surface area contributed by atoms with Crippen LogP contribution in [0.3, 0.4) is 0 Å². The van der Waals surface area contributed by atoms with Crippen LogP contribution in [0.5, 0.6) is 0 Å². The number of benzene rings is 5. The minimum Gasteiger partial charge on any atom is -0.453 e. The van der Waals surface area contributed by atoms with Crippen LogP contribution in [0.4, 0.5) is 0 Å². The highest BCUT2D eigenvalue weighted by Crippen LogP contribution is 2.26. The van der Waals surface area contributed by atoms with Gasteiger partial charge in [0.05, 0.1) is 31.4 Å². The number of hydrogen-bond donors (Lipinski definition) is 18. The van der Waals surface area contributed by atoms with Crippen LogP contribution in [0.1, 0.15) is 96.9 Å². The zero-order valence-electron chi connectivity index (χ0n) is 61.3. The standard InChI is InChI=1S/C76H101N15O17/c1-8-42(6)57-71(103)89-58(43(7)93)70(102)82-38-56(94)87-60(63(96)65(78)97)73(105)86-55(39-92)75(107)108-64(50-23-16-11-17-24-50)61(74(106)90-59(62(95)41(4)5)72(104)85-53(35-40(2)3)68(100)83-52(67(99)88-57)25-18-34-81-76(79)80)91-69(101)54(37-45-28-32-49(33-29-45)47-21-14-10-15-22-47)84-66(98)51(77)36-44-26-30-48(31-27-44)46-19-12-9-13-20-46/h9-17,19-24,26-33,40-43,51-55,57-64,92-93,95-96H,8,18,25,34-39,77H2,1-7H3,(H2,78,97)(H,82,102)(H,83,100)(H,84,98)(H,85,104)(H,86,105)(H,87,94)(H,88,99)(H,89,103)(H,90,106)(H,91,101)(H4,79,80,81)/t42-,43-,51+,52+,53-,54-,55-,57-,58-,59-,60-,61-,62+,63-,64+/m0/s1. The Kier molecular flexibility index (Phi) is 33.1. The molecule has 1 saturated heterocycles. The van der Waals surface area contributed by atoms with Crippen LogP contribution in [0.25, 0.3) is 22.3 Å². The van der Waals surface area contributed by atoms with E-state index in [1.54, 1.807) is 64.1 Å². The molecule has 15 atom stereocenters. The molecule has 0 spiro atoms. The van der Waals surface area contributed by atoms with Gasteiger partial charge in [0.2, 0.25) is 65.0 Å². The van der Waals surface area contributed by atoms with Gasteiger partial charge in [0.15, 0.2) is 24.2 Å². The maximum absolute atomic E-state index is 15.8. The van der Waals surface area contributed by atoms with Crippen molar-refractivity contribution in [2.24, 2.45) is 45.7 Å². The largest absolute Gasteiger partial charge is 0.453 e. The summed E-state index contributed by atoms with van der Waals surface area (Å²) < 4.78 is 6.07. The fourth-order valence-corrected chi connectivity index (χ4v) is 11.7. The van der Waals surface area contributed by atoms with Crippen LogP contribution in [0.2, 0.25) is 0 Å². The Bertz CT molecular complexity index is 3910. The van der Waals surface area contributed by atoms with E-state index in [0.29, 0.717) is 11.1 Å². The molecule has 0 saturated carbocycles. The fourth-order valence-electron chi connectivity index (χ4n) is 11.7. The highest BCUT2D eigenvalue weighted by molar-refractivity contribution is 6.00. The number of guanidine groups is 1. The Morgan fingerprint density at radius 2 is 1.05 bits per heavy atom. The first kappa shape index (κ1) is 85.7. The van der Waals surface area contributed by atoms with Crippen molar-refractivity contribution in [1.82, 2.24) is 53.2 Å². The molecule has 32 nitrogen and oxygen atoms in total. The van der Waals surface area contributed by atoms with Crippen molar-refractivity contribution >= 4 is 76.9 Å². The topological polar surface area (TPSA) is 532 Å². The highest BCUT2D eigenvalue weighted by atomic mass is 16.5. The molecule has 11 amide bonds. The Labute approximate surface area is 625 Å². The first-order valence-electron chi connectivity index (χ1n) is 35.6. The summed E-state index contributed by atoms with van der Waals surface area (Å²) in [5.74, 6) is -17.3. The molecule has 0 radical (unpaired) electrons. The summed E-state index contributed by atoms with van der Waals surface area (Å²) >= 11 is 0. The van der Waals surface area contributed by atoms with E-state index in [0.717, 1.165) is 29.2 Å². The number of carbonyl (C=O) groups excluding carboxylic acids is 12. The summed E-state index contributed by atoms with van der Waals surface area (Å²) in [5.41, 5.74) is 27.7. The third-order valence-electron chi connectivity index (χ3n) is 18.0. The van der Waals surface area contributed by atoms with Gasteiger partial charge in [-0.15, -0.1) is 0 Å². The number of nitrogens with two attached hydrogens (primary N) is 4. The molecule has 5 aromatic carbocycles. The van der Waals surface area contributed by atoms with Crippen molar-refractivity contribution in [1.29, 1.82) is 0 Å². The van der Waals surface area contributed by atoms with Crippen LogP contribution < -0.4 is 76.1 Å². The van der Waals surface area contributed by atoms with Gasteiger partial charge < -0.3 is 101 Å². The van der Waals surface area contributed by atoms with Crippen molar-refractivity contribution < 1.29 is 82.7 Å². The average Bonchev–Trinajstić information content (AvgIpc) is 0.810. The third-order valence-corrected chi connectivity index (χ3v) is 18.0. The molecule has 32 heteroatoms. The van der Waals surface area contributed by atoms with E-state index in [1.165, 1.54) is 44.2 Å². The molecule has 22 N–H and O–H groups in total. The van der Waals surface area contributed by atoms with Crippen molar-refractivity contribution in [3.05, 3.63) is 156 Å². The number of rotatable bonds is 25. The molecule has 1 aliphatic heterocycles. The van der Waals surface area contributed by atoms with E-state index >= 15 is 14.4 Å². The van der Waals surface area contributed by atoms with Gasteiger partial charge in [-0.05, 0) is 89.3 Å². The van der Waals surface area contributed by atoms with Crippen LogP contribution in [-0.2, 0) is 75.1 Å². The molecule has 0 bridgehead atoms. The molecule has 0 unspecified atom stereocenters. The number of nitrogens with one attached hydrogen (secondary N) is 10. The summed E-state index contributed by atoms with van der Waals surface area (Å²) in [5, 5.41) is 69.2. The first-order valence-corrected chi connectivity index (χ1v) is 35.6. The van der Waals surface area contributed by atoms with Crippen molar-refractivity contribution in [3.63, 3.8) is 0 Å². The van der Waals surface area contributed by atoms with Gasteiger partial charge in [-0.1, -0.05) is 187 Å². The number of primary amides is 1. The normalized spacial score (nSPS) is 22.3. The zero-order valence-corrected chi connectivity index (χ0v) is 61.3. The SMILES string of the molecule is CC[C@H](C)[C@@H]1NC(=O)[C@@H](CCCN=C(N)N)NC(=O)[C@H](CC(C)C)NC(=O)[C@H]([C@H](O)C(C)C)NC(=O)[C@@H](NC(=O)[C@H](Cc2ccc(-c3ccccc3)cc2)NC(=O)[C@H](N)Cc2ccc(-c3ccccc3)cc2)[C@@H](c2ccccc2)OC(=O)[C@H](CO)NC(=O)[C@H]([C@H](O)C(N)=O)NC(=O)CNC(=O)[C@H]([C@H](C)O)NC1=O. The van der Waals surface area contributed by atoms with Crippen molar-refractivity contribution in [2.75, 3.05) is 19.7 Å². The summed E-state index contributed by atoms with van der Waals surface area (Å²) in [6.07, 6.45) is -8.76. The minimum atomic E-state index is -2.60. The lowest BCUT2D eigenvalue weighted by Gasteiger charge is -2.33. The number of cyclic esters (lactones) is 1. The number of ether oxygens (including phenoxy) is 1. The number of esters is 1. The minimum absolute atomic E-state index is 0.0298. The van der Waals surface area contributed by atoms with E-state index in [2.05, 4.69) is 52.8 Å². The van der Waals surface area contributed by atoms with Gasteiger partial charge in [-0.25, -0.2) is 4.79 Å². The molecule has 6 rings (SSSR count). The Morgan fingerprint density at radius 1 is 0.556 bits per heavy atom. The average molecular weight is 1500 g/mol. The number of hydrogen-bond acceptors (Lipinski definition) is 19. The number of aliphatic imine (C=N–C) groups is 1. The van der Waals surface area contributed by atoms with Gasteiger partial charge >= 0.3 is 5.97 Å². The summed E-state index contributed by atoms with van der Waals surface area (Å²) in [6.45, 7) is 8.20. The summed E-state index contributed by atoms with van der Waals surface area (Å²) in [4.78, 5) is 178. The molecular weight excluding hydrogens is 1390 g/mol. The van der Waals surface area contributed by atoms with Gasteiger partial charge in [0.25, 0.3) is 0 Å². The number of nitrogens with zero attached hydrogens (tertiary/aromatic N) is 1. The molecule has 108 heavy (non-hydrogen) atoms. The van der Waals surface area contributed by atoms with Gasteiger partial charge in [0.1, 0.15) is 48.3 Å². The van der Waals surface area contributed by atoms with E-state index in [1.807, 2.05) is 78.1 Å². The highest BCUT2D eigenvalue weighted by Gasteiger charge is 2.44. The van der Waals surface area contributed by atoms with Crippen LogP contribution >= 0.6 is 0 Å². The predicted molar refractivity (Wildman–Crippen MR) is 398 cm³/mol. The fraction of sp³-hybridized carbons (Fsp3) is 0.434. The number of carbonyl (C=O) groups is 12. The molecule has 5 aromatic rings. The lowest BCUT2D eigenvalue weighted by molar-refractivity contribution is -0.159. The number of aliphatic hydroxyl groups excluding tert-OH is 4. The summed E-state index contributed by atoms with van der Waals surface area (Å²) in [7, 11) is 0. The first-order chi connectivity index (χ1) is 51.3. The second-order valence-electron chi connectivity index (χ2n) is 27.3. The molecule has 1 aliphatic rings. The van der Waals surface area contributed by atoms with E-state index < -0.39 is 187 Å². The van der Waals surface area contributed by atoms with Crippen LogP contribution in [0.15, 0.2) is 145 Å². The third kappa shape index (κ3) is 25.5. The number of amides is 11. The maximum Gasteiger partial charge on any atom is 0.331 e. The Morgan fingerprint density at radius 3 is 1.56 bits per heavy atom. The predicted octanol–water partition coefficient (Wildman–Crippen LogP) is -1.71. The van der Waals surface area contributed by atoms with Gasteiger partial charge in [0, 0.05) is 13.0 Å². The van der Waals surface area contributed by atoms with Crippen molar-refractivity contribution in [2.45, 2.75) is 172 Å². The Hall–Kier alpha value is -11.2. The maximum atomic E-state index is 15.8. The number of aliphatic hydroxyl groups is 4. The van der Waals surface area contributed by atoms with E-state index in [9.17, 15) is 63.6 Å². The smallest absolute Gasteiger partial charge is 0.331 e. The lowest BCUT2D eigenvalue weighted by atomic mass is 9.95. The molecule has 582 valence electrons. The van der Waals surface area contributed by atoms with Crippen molar-refractivity contribution in [3.8, 4) is 22.3 Å². The van der Waals surface area contributed by atoms with Crippen LogP contribution in [-0.4, -0.2) is 196 Å². The quantitative estimate of drug-likeness (QED) is 0.0134. The monoisotopic (exact) mass is 1500 g/mol. The van der Waals surface area contributed by atoms with Gasteiger partial charge in [-0.3, -0.25) is 57.7 Å². The molecular formula is C76H101N15O17. The lowest BCUT2D eigenvalue weighted by Crippen LogP contribution is -2.64. The zero-order chi connectivity index (χ0) is 79.5. The molecule has 0 aliphatic carbocycles. The molecule has 1 heterocycles. The second-order valence-corrected chi connectivity index (χ2v) is 27.3. The Balaban J connectivity index is 1.51. The van der Waals surface area contributed by atoms with E-state index in [4.69, 9.17) is 27.7 Å². The van der Waals surface area contributed by atoms with Gasteiger partial charge in [-0.2, -0.15) is 0 Å². The molecule has 1 fully saturated rings. The second kappa shape index (κ2) is 41.6. The summed E-state index contributed by atoms with van der Waals surface area (Å²) in [6, 6.07) is 21.6. The molecule has 0 aromatic heterocycles.